The molecule has 0 saturated carbocycles. The van der Waals surface area contributed by atoms with Crippen LogP contribution in [0.4, 0.5) is 0 Å². The van der Waals surface area contributed by atoms with Crippen molar-refractivity contribution in [3.05, 3.63) is 58.0 Å². The van der Waals surface area contributed by atoms with Crippen LogP contribution in [-0.4, -0.2) is 22.8 Å². The van der Waals surface area contributed by atoms with Gasteiger partial charge in [-0.3, -0.25) is 4.79 Å². The molecule has 22 heavy (non-hydrogen) atoms. The number of nitrogens with one attached hydrogen (secondary N) is 1. The van der Waals surface area contributed by atoms with Gasteiger partial charge in [0.15, 0.2) is 5.16 Å². The third kappa shape index (κ3) is 6.91. The van der Waals surface area contributed by atoms with E-state index in [4.69, 9.17) is 4.74 Å². The summed E-state index contributed by atoms with van der Waals surface area (Å²) < 4.78 is 5.61. The lowest BCUT2D eigenvalue weighted by molar-refractivity contribution is 0.118. The molecule has 0 bridgehead atoms. The molecule has 1 aromatic heterocycles. The molecule has 0 aliphatic heterocycles. The Hall–Kier alpha value is -1.59. The lowest BCUT2D eigenvalue weighted by atomic mass is 10.2. The van der Waals surface area contributed by atoms with E-state index in [9.17, 15) is 4.79 Å². The van der Waals surface area contributed by atoms with E-state index in [0.29, 0.717) is 18.4 Å². The Morgan fingerprint density at radius 1 is 1.23 bits per heavy atom. The van der Waals surface area contributed by atoms with Gasteiger partial charge in [-0.15, -0.1) is 0 Å². The number of ether oxygens (including phenoxy) is 1. The van der Waals surface area contributed by atoms with Crippen LogP contribution in [0.15, 0.2) is 46.3 Å². The zero-order chi connectivity index (χ0) is 16.2. The minimum Gasteiger partial charge on any atom is -0.377 e. The Labute approximate surface area is 136 Å². The first-order valence-corrected chi connectivity index (χ1v) is 8.76. The Bertz CT molecular complexity index is 585. The van der Waals surface area contributed by atoms with Crippen molar-refractivity contribution >= 4 is 11.8 Å². The first-order valence-electron chi connectivity index (χ1n) is 7.54. The van der Waals surface area contributed by atoms with Crippen molar-refractivity contribution in [2.75, 3.05) is 12.9 Å². The standard InChI is InChI=1S/C15H18N2O2S.C2H6/c1-20-15-16-13(10-14(18)17-15)8-5-9-19-11-12-6-3-2-4-7-12;1-2/h2-4,6-7,10H,5,8-9,11H2,1H3,(H,16,17,18);1-2H3. The second kappa shape index (κ2) is 11.0. The SMILES string of the molecule is CC.CSc1nc(CCCOCc2ccccc2)cc(=O)[nH]1. The number of thioether (sulfide) groups is 1. The van der Waals surface area contributed by atoms with Crippen LogP contribution >= 0.6 is 11.8 Å². The van der Waals surface area contributed by atoms with Crippen LogP contribution in [0.5, 0.6) is 0 Å². The molecule has 0 spiro atoms. The van der Waals surface area contributed by atoms with Crippen LogP contribution in [0.25, 0.3) is 0 Å². The fourth-order valence-corrected chi connectivity index (χ4v) is 2.24. The molecule has 0 aliphatic rings. The van der Waals surface area contributed by atoms with Gasteiger partial charge in [0.2, 0.25) is 0 Å². The van der Waals surface area contributed by atoms with Crippen molar-refractivity contribution in [1.82, 2.24) is 9.97 Å². The fraction of sp³-hybridized carbons (Fsp3) is 0.412. The Kier molecular flexibility index (Phi) is 9.26. The van der Waals surface area contributed by atoms with Gasteiger partial charge in [-0.1, -0.05) is 55.9 Å². The summed E-state index contributed by atoms with van der Waals surface area (Å²) in [6.07, 6.45) is 3.51. The third-order valence-electron chi connectivity index (χ3n) is 2.80. The molecule has 1 N–H and O–H groups in total. The van der Waals surface area contributed by atoms with E-state index in [1.807, 2.05) is 50.4 Å². The summed E-state index contributed by atoms with van der Waals surface area (Å²) in [6, 6.07) is 11.6. The predicted molar refractivity (Wildman–Crippen MR) is 92.4 cm³/mol. The van der Waals surface area contributed by atoms with Crippen LogP contribution < -0.4 is 5.56 Å². The summed E-state index contributed by atoms with van der Waals surface area (Å²) >= 11 is 1.44. The van der Waals surface area contributed by atoms with Crippen molar-refractivity contribution in [3.8, 4) is 0 Å². The van der Waals surface area contributed by atoms with Gasteiger partial charge in [-0.2, -0.15) is 0 Å². The molecule has 0 radical (unpaired) electrons. The second-order valence-corrected chi connectivity index (χ2v) is 5.18. The largest absolute Gasteiger partial charge is 0.377 e. The smallest absolute Gasteiger partial charge is 0.251 e. The molecular weight excluding hydrogens is 296 g/mol. The van der Waals surface area contributed by atoms with Crippen molar-refractivity contribution < 1.29 is 4.74 Å². The highest BCUT2D eigenvalue weighted by Crippen LogP contribution is 2.07. The molecule has 5 heteroatoms. The van der Waals surface area contributed by atoms with E-state index in [1.165, 1.54) is 17.3 Å². The Morgan fingerprint density at radius 3 is 2.64 bits per heavy atom. The van der Waals surface area contributed by atoms with Gasteiger partial charge >= 0.3 is 0 Å². The number of benzene rings is 1. The number of H-pyrrole nitrogens is 1. The van der Waals surface area contributed by atoms with Crippen molar-refractivity contribution in [2.45, 2.75) is 38.5 Å². The highest BCUT2D eigenvalue weighted by Gasteiger charge is 2.01. The van der Waals surface area contributed by atoms with E-state index >= 15 is 0 Å². The number of aryl methyl sites for hydroxylation is 1. The van der Waals surface area contributed by atoms with Crippen LogP contribution in [0.3, 0.4) is 0 Å². The molecular formula is C17H24N2O2S. The minimum atomic E-state index is -0.0930. The molecule has 2 aromatic rings. The number of aromatic amines is 1. The molecule has 1 heterocycles. The van der Waals surface area contributed by atoms with Gasteiger partial charge in [-0.05, 0) is 24.7 Å². The van der Waals surface area contributed by atoms with E-state index in [1.54, 1.807) is 6.07 Å². The average molecular weight is 320 g/mol. The number of aromatic nitrogens is 2. The molecule has 0 amide bonds. The number of rotatable bonds is 7. The lowest BCUT2D eigenvalue weighted by Gasteiger charge is -2.05. The maximum absolute atomic E-state index is 11.4. The number of hydrogen-bond acceptors (Lipinski definition) is 4. The molecule has 0 saturated heterocycles. The van der Waals surface area contributed by atoms with Crippen LogP contribution in [0, 0.1) is 0 Å². The van der Waals surface area contributed by atoms with E-state index in [2.05, 4.69) is 9.97 Å². The lowest BCUT2D eigenvalue weighted by Crippen LogP contribution is -2.10. The predicted octanol–water partition coefficient (Wildman–Crippen LogP) is 3.67. The number of hydrogen-bond donors (Lipinski definition) is 1. The van der Waals surface area contributed by atoms with E-state index < -0.39 is 0 Å². The van der Waals surface area contributed by atoms with E-state index in [-0.39, 0.29) is 5.56 Å². The maximum Gasteiger partial charge on any atom is 0.251 e. The summed E-state index contributed by atoms with van der Waals surface area (Å²) in [5, 5.41) is 0.665. The third-order valence-corrected chi connectivity index (χ3v) is 3.38. The maximum atomic E-state index is 11.4. The monoisotopic (exact) mass is 320 g/mol. The molecule has 120 valence electrons. The Balaban J connectivity index is 0.00000116. The van der Waals surface area contributed by atoms with Crippen molar-refractivity contribution in [1.29, 1.82) is 0 Å². The molecule has 1 aromatic carbocycles. The van der Waals surface area contributed by atoms with Crippen LogP contribution in [0.1, 0.15) is 31.5 Å². The topological polar surface area (TPSA) is 55.0 Å². The van der Waals surface area contributed by atoms with E-state index in [0.717, 1.165) is 18.5 Å². The fourth-order valence-electron chi connectivity index (χ4n) is 1.83. The molecule has 0 aliphatic carbocycles. The summed E-state index contributed by atoms with van der Waals surface area (Å²) in [7, 11) is 0. The van der Waals surface area contributed by atoms with Gasteiger partial charge in [0, 0.05) is 18.4 Å². The van der Waals surface area contributed by atoms with Gasteiger partial charge in [0.25, 0.3) is 5.56 Å². The van der Waals surface area contributed by atoms with Gasteiger partial charge in [-0.25, -0.2) is 4.98 Å². The molecule has 0 atom stereocenters. The highest BCUT2D eigenvalue weighted by molar-refractivity contribution is 7.98. The summed E-state index contributed by atoms with van der Waals surface area (Å²) in [5.74, 6) is 0. The molecule has 0 fully saturated rings. The van der Waals surface area contributed by atoms with Gasteiger partial charge < -0.3 is 9.72 Å². The zero-order valence-corrected chi connectivity index (χ0v) is 14.3. The van der Waals surface area contributed by atoms with Crippen LogP contribution in [-0.2, 0) is 17.8 Å². The normalized spacial score (nSPS) is 9.95. The zero-order valence-electron chi connectivity index (χ0n) is 13.5. The first kappa shape index (κ1) is 18.5. The quantitative estimate of drug-likeness (QED) is 0.480. The first-order chi connectivity index (χ1) is 10.8. The minimum absolute atomic E-state index is 0.0930. The number of nitrogens with zero attached hydrogens (tertiary/aromatic N) is 1. The summed E-state index contributed by atoms with van der Waals surface area (Å²) in [6.45, 7) is 5.29. The van der Waals surface area contributed by atoms with Gasteiger partial charge in [0.1, 0.15) is 0 Å². The average Bonchev–Trinajstić information content (AvgIpc) is 2.57. The second-order valence-electron chi connectivity index (χ2n) is 4.39. The van der Waals surface area contributed by atoms with Crippen LogP contribution in [0.2, 0.25) is 0 Å². The van der Waals surface area contributed by atoms with Crippen molar-refractivity contribution in [2.24, 2.45) is 0 Å². The molecule has 0 unspecified atom stereocenters. The summed E-state index contributed by atoms with van der Waals surface area (Å²) in [5.41, 5.74) is 1.90. The van der Waals surface area contributed by atoms with Gasteiger partial charge in [0.05, 0.1) is 6.61 Å². The summed E-state index contributed by atoms with van der Waals surface area (Å²) in [4.78, 5) is 18.4. The van der Waals surface area contributed by atoms with Crippen molar-refractivity contribution in [3.63, 3.8) is 0 Å². The highest BCUT2D eigenvalue weighted by atomic mass is 32.2. The Morgan fingerprint density at radius 2 is 1.95 bits per heavy atom. The molecule has 4 nitrogen and oxygen atoms in total. The molecule has 2 rings (SSSR count).